The van der Waals surface area contributed by atoms with Gasteiger partial charge in [0.25, 0.3) is 0 Å². The summed E-state index contributed by atoms with van der Waals surface area (Å²) < 4.78 is 42.3. The van der Waals surface area contributed by atoms with Crippen molar-refractivity contribution in [2.75, 3.05) is 39.6 Å². The van der Waals surface area contributed by atoms with Gasteiger partial charge in [-0.15, -0.1) is 0 Å². The van der Waals surface area contributed by atoms with Crippen molar-refractivity contribution in [2.45, 2.75) is 176 Å². The van der Waals surface area contributed by atoms with Crippen LogP contribution in [0, 0.1) is 0 Å². The predicted octanol–water partition coefficient (Wildman–Crippen LogP) is 10.4. The van der Waals surface area contributed by atoms with Crippen LogP contribution in [0.4, 0.5) is 0 Å². The summed E-state index contributed by atoms with van der Waals surface area (Å²) in [4.78, 5) is 0. The van der Waals surface area contributed by atoms with Crippen LogP contribution in [-0.4, -0.2) is 57.3 Å². The lowest BCUT2D eigenvalue weighted by Crippen LogP contribution is -2.71. The van der Waals surface area contributed by atoms with Crippen LogP contribution in [0.3, 0.4) is 0 Å². The molecule has 0 heterocycles. The molecule has 0 fully saturated rings. The molecule has 0 aromatic heterocycles. The highest BCUT2D eigenvalue weighted by Gasteiger charge is 2.76. The normalized spacial score (nSPS) is 12.9. The molecule has 0 aromatic carbocycles. The summed E-state index contributed by atoms with van der Waals surface area (Å²) in [5.74, 6) is 0. The van der Waals surface area contributed by atoms with Crippen LogP contribution in [0.15, 0.2) is 0 Å². The molecule has 0 aliphatic heterocycles. The monoisotopic (exact) mass is 620 g/mol. The molecule has 0 rings (SSSR count). The van der Waals surface area contributed by atoms with Gasteiger partial charge in [0.1, 0.15) is 4.66 Å². The third kappa shape index (κ3) is 14.2. The molecular weight excluding hydrogens is 549 g/mol. The number of unbranched alkanes of at least 4 members (excludes halogenated alkanes) is 8. The molecule has 0 aliphatic rings. The zero-order valence-electron chi connectivity index (χ0n) is 28.9. The van der Waals surface area contributed by atoms with E-state index in [4.69, 9.17) is 26.6 Å². The molecule has 0 N–H and O–H groups in total. The van der Waals surface area contributed by atoms with Gasteiger partial charge in [0.2, 0.25) is 0 Å². The molecule has 248 valence electrons. The van der Waals surface area contributed by atoms with Gasteiger partial charge in [0, 0.05) is 39.6 Å². The van der Waals surface area contributed by atoms with Crippen molar-refractivity contribution in [1.29, 1.82) is 0 Å². The molecule has 0 spiro atoms. The van der Waals surface area contributed by atoms with E-state index in [0.717, 1.165) is 116 Å². The van der Waals surface area contributed by atoms with E-state index in [1.165, 1.54) is 0 Å². The van der Waals surface area contributed by atoms with Crippen molar-refractivity contribution in [1.82, 2.24) is 0 Å². The second-order valence-electron chi connectivity index (χ2n) is 11.6. The Labute approximate surface area is 259 Å². The van der Waals surface area contributed by atoms with Crippen LogP contribution in [0.5, 0.6) is 0 Å². The highest BCUT2D eigenvalue weighted by molar-refractivity contribution is 6.85. The van der Waals surface area contributed by atoms with Crippen molar-refractivity contribution < 1.29 is 26.6 Å². The first-order chi connectivity index (χ1) is 20.0. The summed E-state index contributed by atoms with van der Waals surface area (Å²) in [6.07, 6.45) is 18.4. The molecule has 0 bridgehead atoms. The minimum Gasteiger partial charge on any atom is -0.373 e. The summed E-state index contributed by atoms with van der Waals surface area (Å²) in [5, 5.41) is 0. The van der Waals surface area contributed by atoms with Crippen LogP contribution < -0.4 is 0 Å². The van der Waals surface area contributed by atoms with Crippen LogP contribution in [0.2, 0.25) is 4.66 Å². The van der Waals surface area contributed by atoms with Gasteiger partial charge in [-0.2, -0.15) is 0 Å². The Morgan fingerprint density at radius 1 is 0.317 bits per heavy atom. The summed E-state index contributed by atoms with van der Waals surface area (Å²) in [5.41, 5.74) is 0. The van der Waals surface area contributed by atoms with Crippen molar-refractivity contribution >= 4 is 17.6 Å². The van der Waals surface area contributed by atoms with Crippen molar-refractivity contribution in [3.05, 3.63) is 0 Å². The maximum absolute atomic E-state index is 7.14. The Morgan fingerprint density at radius 3 is 0.683 bits per heavy atom. The lowest BCUT2D eigenvalue weighted by Gasteiger charge is -2.52. The number of hydrogen-bond acceptors (Lipinski definition) is 6. The molecule has 0 radical (unpaired) electrons. The van der Waals surface area contributed by atoms with Gasteiger partial charge in [-0.3, -0.25) is 0 Å². The van der Waals surface area contributed by atoms with E-state index < -0.39 is 22.3 Å². The van der Waals surface area contributed by atoms with Gasteiger partial charge in [0.15, 0.2) is 0 Å². The Bertz CT molecular complexity index is 465. The van der Waals surface area contributed by atoms with Crippen molar-refractivity contribution in [2.24, 2.45) is 0 Å². The fourth-order valence-corrected chi connectivity index (χ4v) is 14.4. The SMILES string of the molecule is CCCCO[Si](OCCCC)(OCCCC)C(CCCC)(CCCC)[Si](OCCCC)(OCCCC)OCCCC. The van der Waals surface area contributed by atoms with E-state index in [-0.39, 0.29) is 0 Å². The van der Waals surface area contributed by atoms with Crippen LogP contribution in [0.25, 0.3) is 0 Å². The second kappa shape index (κ2) is 26.6. The zero-order valence-corrected chi connectivity index (χ0v) is 30.9. The maximum Gasteiger partial charge on any atom is 0.512 e. The maximum atomic E-state index is 7.14. The van der Waals surface area contributed by atoms with Gasteiger partial charge in [-0.1, -0.05) is 120 Å². The van der Waals surface area contributed by atoms with Crippen molar-refractivity contribution in [3.8, 4) is 0 Å². The summed E-state index contributed by atoms with van der Waals surface area (Å²) in [7, 11) is -6.78. The van der Waals surface area contributed by atoms with E-state index in [2.05, 4.69) is 55.4 Å². The average Bonchev–Trinajstić information content (AvgIpc) is 2.97. The minimum atomic E-state index is -3.39. The fourth-order valence-electron chi connectivity index (χ4n) is 5.07. The first-order valence-corrected chi connectivity index (χ1v) is 21.3. The zero-order chi connectivity index (χ0) is 30.7. The van der Waals surface area contributed by atoms with E-state index in [1.54, 1.807) is 0 Å². The lowest BCUT2D eigenvalue weighted by molar-refractivity contribution is -0.00634. The quantitative estimate of drug-likeness (QED) is 0.0551. The topological polar surface area (TPSA) is 55.4 Å². The van der Waals surface area contributed by atoms with Crippen LogP contribution in [-0.2, 0) is 26.6 Å². The van der Waals surface area contributed by atoms with Gasteiger partial charge in [-0.05, 0) is 51.4 Å². The molecule has 8 heteroatoms. The van der Waals surface area contributed by atoms with Crippen molar-refractivity contribution in [3.63, 3.8) is 0 Å². The Hall–Kier alpha value is 0.194. The van der Waals surface area contributed by atoms with E-state index in [9.17, 15) is 0 Å². The second-order valence-corrected chi connectivity index (χ2v) is 18.0. The smallest absolute Gasteiger partial charge is 0.373 e. The highest BCUT2D eigenvalue weighted by Crippen LogP contribution is 2.57. The predicted molar refractivity (Wildman–Crippen MR) is 178 cm³/mol. The molecule has 0 aliphatic carbocycles. The molecule has 0 atom stereocenters. The Balaban J connectivity index is 7.50. The average molecular weight is 621 g/mol. The lowest BCUT2D eigenvalue weighted by atomic mass is 10.1. The first-order valence-electron chi connectivity index (χ1n) is 17.8. The van der Waals surface area contributed by atoms with Crippen LogP contribution >= 0.6 is 0 Å². The van der Waals surface area contributed by atoms with Gasteiger partial charge >= 0.3 is 17.6 Å². The molecular formula is C33H72O6Si2. The molecule has 6 nitrogen and oxygen atoms in total. The standard InChI is InChI=1S/C33H72O6Si2/c1-9-17-25-33(26-18-10-2,40(34-27-19-11-3,35-28-20-12-4)36-29-21-13-5)41(37-30-22-14-6,38-31-23-15-7)39-32-24-16-8/h9-32H2,1-8H3. The highest BCUT2D eigenvalue weighted by atomic mass is 28.5. The third-order valence-electron chi connectivity index (χ3n) is 7.83. The molecule has 0 saturated heterocycles. The van der Waals surface area contributed by atoms with Gasteiger partial charge in [0.05, 0.1) is 0 Å². The largest absolute Gasteiger partial charge is 0.512 e. The Kier molecular flexibility index (Phi) is 26.7. The van der Waals surface area contributed by atoms with E-state index in [1.807, 2.05) is 0 Å². The molecule has 0 aromatic rings. The minimum absolute atomic E-state index is 0.531. The van der Waals surface area contributed by atoms with Gasteiger partial charge in [-0.25, -0.2) is 0 Å². The first kappa shape index (κ1) is 41.2. The number of rotatable bonds is 32. The molecule has 0 amide bonds. The molecule has 41 heavy (non-hydrogen) atoms. The molecule has 0 unspecified atom stereocenters. The summed E-state index contributed by atoms with van der Waals surface area (Å²) in [6, 6.07) is 0. The summed E-state index contributed by atoms with van der Waals surface area (Å²) >= 11 is 0. The third-order valence-corrected chi connectivity index (χ3v) is 16.5. The fraction of sp³-hybridized carbons (Fsp3) is 1.00. The van der Waals surface area contributed by atoms with Gasteiger partial charge < -0.3 is 26.6 Å². The Morgan fingerprint density at radius 2 is 0.512 bits per heavy atom. The number of hydrogen-bond donors (Lipinski definition) is 0. The van der Waals surface area contributed by atoms with E-state index in [0.29, 0.717) is 39.6 Å². The van der Waals surface area contributed by atoms with Crippen LogP contribution in [0.1, 0.15) is 171 Å². The molecule has 0 saturated carbocycles. The van der Waals surface area contributed by atoms with E-state index >= 15 is 0 Å². The summed E-state index contributed by atoms with van der Waals surface area (Å²) in [6.45, 7) is 21.7.